The maximum Gasteiger partial charge on any atom is 0.148 e. The lowest BCUT2D eigenvalue weighted by atomic mass is 9.81. The van der Waals surface area contributed by atoms with Crippen LogP contribution in [0.1, 0.15) is 52.7 Å². The number of hydrogen-bond acceptors (Lipinski definition) is 0. The van der Waals surface area contributed by atoms with E-state index in [4.69, 9.17) is 46.4 Å². The first kappa shape index (κ1) is 20.2. The molecule has 0 bridgehead atoms. The van der Waals surface area contributed by atoms with Crippen molar-refractivity contribution < 1.29 is 0 Å². The third kappa shape index (κ3) is 3.28. The molecule has 0 amide bonds. The van der Waals surface area contributed by atoms with E-state index >= 15 is 0 Å². The van der Waals surface area contributed by atoms with Crippen molar-refractivity contribution in [2.24, 2.45) is 10.8 Å². The van der Waals surface area contributed by atoms with Crippen molar-refractivity contribution in [1.29, 1.82) is 0 Å². The summed E-state index contributed by atoms with van der Waals surface area (Å²) in [5, 5.41) is 1.95. The van der Waals surface area contributed by atoms with Crippen LogP contribution in [0.3, 0.4) is 0 Å². The largest absolute Gasteiger partial charge is 0.148 e. The third-order valence-electron chi connectivity index (χ3n) is 4.48. The van der Waals surface area contributed by atoms with Crippen LogP contribution in [0.25, 0.3) is 10.8 Å². The van der Waals surface area contributed by atoms with E-state index in [9.17, 15) is 0 Å². The fourth-order valence-electron chi connectivity index (χ4n) is 2.67. The highest BCUT2D eigenvalue weighted by atomic mass is 35.5. The summed E-state index contributed by atoms with van der Waals surface area (Å²) in [6.45, 7) is 12.2. The van der Waals surface area contributed by atoms with Crippen LogP contribution >= 0.6 is 46.4 Å². The van der Waals surface area contributed by atoms with Gasteiger partial charge in [0.25, 0.3) is 0 Å². The first-order chi connectivity index (χ1) is 10.7. The molecule has 0 atom stereocenters. The average Bonchev–Trinajstić information content (AvgIpc) is 2.43. The van der Waals surface area contributed by atoms with Crippen molar-refractivity contribution in [3.8, 4) is 0 Å². The summed E-state index contributed by atoms with van der Waals surface area (Å²) in [7, 11) is 0. The minimum Gasteiger partial charge on any atom is -0.0957 e. The van der Waals surface area contributed by atoms with Gasteiger partial charge < -0.3 is 0 Å². The van der Waals surface area contributed by atoms with Crippen LogP contribution in [-0.2, 0) is 8.67 Å². The molecule has 0 heterocycles. The fourth-order valence-corrected chi connectivity index (χ4v) is 3.32. The highest BCUT2D eigenvalue weighted by Gasteiger charge is 2.43. The Morgan fingerprint density at radius 3 is 1.08 bits per heavy atom. The van der Waals surface area contributed by atoms with Gasteiger partial charge in [0, 0.05) is 0 Å². The highest BCUT2D eigenvalue weighted by molar-refractivity contribution is 6.50. The lowest BCUT2D eigenvalue weighted by molar-refractivity contribution is 0.359. The van der Waals surface area contributed by atoms with Crippen LogP contribution in [0, 0.1) is 10.8 Å². The van der Waals surface area contributed by atoms with Gasteiger partial charge in [0.05, 0.1) is 0 Å². The molecule has 132 valence electrons. The Labute approximate surface area is 165 Å². The molecular formula is C20H24Cl4. The van der Waals surface area contributed by atoms with Gasteiger partial charge >= 0.3 is 0 Å². The zero-order chi connectivity index (χ0) is 18.6. The van der Waals surface area contributed by atoms with E-state index in [-0.39, 0.29) is 10.8 Å². The fraction of sp³-hybridized carbons (Fsp3) is 0.500. The second kappa shape index (κ2) is 6.23. The van der Waals surface area contributed by atoms with Gasteiger partial charge in [0.15, 0.2) is 0 Å². The molecular weight excluding hydrogens is 382 g/mol. The Hall–Kier alpha value is -0.140. The summed E-state index contributed by atoms with van der Waals surface area (Å²) in [6.07, 6.45) is 0. The van der Waals surface area contributed by atoms with E-state index in [1.54, 1.807) is 0 Å². The number of halogens is 4. The molecule has 24 heavy (non-hydrogen) atoms. The summed E-state index contributed by atoms with van der Waals surface area (Å²) in [5.41, 5.74) is 1.08. The molecule has 0 nitrogen and oxygen atoms in total. The van der Waals surface area contributed by atoms with E-state index in [1.165, 1.54) is 0 Å². The molecule has 0 saturated heterocycles. The van der Waals surface area contributed by atoms with Crippen molar-refractivity contribution >= 4 is 57.2 Å². The van der Waals surface area contributed by atoms with Crippen molar-refractivity contribution in [3.63, 3.8) is 0 Å². The number of fused-ring (bicyclic) bond motifs is 1. The lowest BCUT2D eigenvalue weighted by Crippen LogP contribution is -2.30. The quantitative estimate of drug-likeness (QED) is 0.441. The maximum atomic E-state index is 6.77. The molecule has 0 aromatic heterocycles. The van der Waals surface area contributed by atoms with E-state index < -0.39 is 8.67 Å². The average molecular weight is 406 g/mol. The number of benzene rings is 2. The molecule has 0 aliphatic heterocycles. The van der Waals surface area contributed by atoms with Crippen LogP contribution in [-0.4, -0.2) is 0 Å². The maximum absolute atomic E-state index is 6.77. The van der Waals surface area contributed by atoms with Gasteiger partial charge in [0.2, 0.25) is 0 Å². The molecule has 2 rings (SSSR count). The minimum absolute atomic E-state index is 0.330. The molecule has 0 N–H and O–H groups in total. The smallest absolute Gasteiger partial charge is 0.0957 e. The van der Waals surface area contributed by atoms with Gasteiger partial charge in [-0.25, -0.2) is 0 Å². The van der Waals surface area contributed by atoms with Crippen LogP contribution in [0.4, 0.5) is 0 Å². The molecule has 0 saturated carbocycles. The molecule has 0 fully saturated rings. The van der Waals surface area contributed by atoms with Gasteiger partial charge in [-0.3, -0.25) is 0 Å². The van der Waals surface area contributed by atoms with Crippen LogP contribution < -0.4 is 0 Å². The Bertz CT molecular complexity index is 681. The van der Waals surface area contributed by atoms with Crippen molar-refractivity contribution in [2.75, 3.05) is 0 Å². The summed E-state index contributed by atoms with van der Waals surface area (Å²) in [4.78, 5) is 0. The van der Waals surface area contributed by atoms with Gasteiger partial charge in [-0.1, -0.05) is 124 Å². The molecule has 0 radical (unpaired) electrons. The lowest BCUT2D eigenvalue weighted by Gasteiger charge is -2.37. The van der Waals surface area contributed by atoms with E-state index in [1.807, 2.05) is 77.9 Å². The SMILES string of the molecule is CC(C)(C)C(Cl)(Cl)c1cccc2c(C(Cl)(Cl)C(C)(C)C)cccc12. The molecule has 0 unspecified atom stereocenters. The number of alkyl halides is 4. The minimum atomic E-state index is -1.03. The highest BCUT2D eigenvalue weighted by Crippen LogP contribution is 2.54. The monoisotopic (exact) mass is 404 g/mol. The topological polar surface area (TPSA) is 0 Å². The summed E-state index contributed by atoms with van der Waals surface area (Å²) in [5.74, 6) is 0. The van der Waals surface area contributed by atoms with Crippen LogP contribution in [0.5, 0.6) is 0 Å². The Kier molecular flexibility index (Phi) is 5.24. The summed E-state index contributed by atoms with van der Waals surface area (Å²) < 4.78 is -2.07. The van der Waals surface area contributed by atoms with Crippen LogP contribution in [0.15, 0.2) is 36.4 Å². The zero-order valence-corrected chi connectivity index (χ0v) is 18.0. The first-order valence-corrected chi connectivity index (χ1v) is 9.51. The van der Waals surface area contributed by atoms with Gasteiger partial charge in [0.1, 0.15) is 8.67 Å². The van der Waals surface area contributed by atoms with E-state index in [0.29, 0.717) is 0 Å². The second-order valence-electron chi connectivity index (χ2n) is 8.36. The Morgan fingerprint density at radius 1 is 0.542 bits per heavy atom. The van der Waals surface area contributed by atoms with E-state index in [2.05, 4.69) is 0 Å². The predicted octanol–water partition coefficient (Wildman–Crippen LogP) is 8.19. The Morgan fingerprint density at radius 2 is 0.833 bits per heavy atom. The van der Waals surface area contributed by atoms with Crippen LogP contribution in [0.2, 0.25) is 0 Å². The van der Waals surface area contributed by atoms with Gasteiger partial charge in [-0.15, -0.1) is 0 Å². The predicted molar refractivity (Wildman–Crippen MR) is 110 cm³/mol. The third-order valence-corrected chi connectivity index (χ3v) is 7.56. The van der Waals surface area contributed by atoms with Crippen molar-refractivity contribution in [2.45, 2.75) is 50.2 Å². The summed E-state index contributed by atoms with van der Waals surface area (Å²) in [6, 6.07) is 11.9. The normalized spacial score (nSPS) is 14.2. The molecule has 2 aromatic carbocycles. The van der Waals surface area contributed by atoms with Gasteiger partial charge in [-0.2, -0.15) is 0 Å². The first-order valence-electron chi connectivity index (χ1n) is 7.99. The number of hydrogen-bond donors (Lipinski definition) is 0. The molecule has 2 aromatic rings. The molecule has 0 spiro atoms. The van der Waals surface area contributed by atoms with E-state index in [0.717, 1.165) is 21.9 Å². The molecule has 0 aliphatic carbocycles. The van der Waals surface area contributed by atoms with Crippen molar-refractivity contribution in [1.82, 2.24) is 0 Å². The number of rotatable bonds is 2. The summed E-state index contributed by atoms with van der Waals surface area (Å²) >= 11 is 27.1. The van der Waals surface area contributed by atoms with Gasteiger partial charge in [-0.05, 0) is 32.7 Å². The molecule has 4 heteroatoms. The van der Waals surface area contributed by atoms with Crippen molar-refractivity contribution in [3.05, 3.63) is 47.5 Å². The molecule has 0 aliphatic rings. The second-order valence-corrected chi connectivity index (χ2v) is 11.0. The standard InChI is InChI=1S/C20H24Cl4/c1-17(2,3)19(21,22)15-11-7-10-14-13(15)9-8-12-16(14)20(23,24)18(4,5)6/h7-12H,1-6H3. The zero-order valence-electron chi connectivity index (χ0n) is 15.0. The Balaban J connectivity index is 2.82.